The van der Waals surface area contributed by atoms with Gasteiger partial charge in [0.15, 0.2) is 21.5 Å². The fraction of sp³-hybridized carbons (Fsp3) is 0.143. The van der Waals surface area contributed by atoms with Gasteiger partial charge in [-0.25, -0.2) is 17.2 Å². The van der Waals surface area contributed by atoms with Crippen LogP contribution in [0.25, 0.3) is 0 Å². The van der Waals surface area contributed by atoms with Gasteiger partial charge in [0.1, 0.15) is 0 Å². The minimum atomic E-state index is -3.38. The van der Waals surface area contributed by atoms with E-state index in [4.69, 9.17) is 0 Å². The van der Waals surface area contributed by atoms with Gasteiger partial charge in [0.2, 0.25) is 0 Å². The van der Waals surface area contributed by atoms with Gasteiger partial charge in [0, 0.05) is 0 Å². The fourth-order valence-electron chi connectivity index (χ4n) is 2.37. The highest BCUT2D eigenvalue weighted by molar-refractivity contribution is 7.91. The second-order valence-corrected chi connectivity index (χ2v) is 6.62. The number of hydrogen-bond acceptors (Lipinski definition) is 3. The number of hydrogen-bond donors (Lipinski definition) is 1. The smallest absolute Gasteiger partial charge is 0.181 e. The lowest BCUT2D eigenvalue weighted by Crippen LogP contribution is -2.14. The van der Waals surface area contributed by atoms with E-state index in [0.29, 0.717) is 5.56 Å². The summed E-state index contributed by atoms with van der Waals surface area (Å²) in [5.41, 5.74) is 0.540. The molecule has 104 valence electrons. The molecule has 1 aliphatic rings. The number of anilines is 1. The Balaban J connectivity index is 2.00. The van der Waals surface area contributed by atoms with E-state index in [-0.39, 0.29) is 16.3 Å². The van der Waals surface area contributed by atoms with Crippen molar-refractivity contribution in [3.63, 3.8) is 0 Å². The third kappa shape index (κ3) is 2.06. The van der Waals surface area contributed by atoms with Gasteiger partial charge in [0.25, 0.3) is 0 Å². The van der Waals surface area contributed by atoms with Crippen molar-refractivity contribution in [3.8, 4) is 0 Å². The van der Waals surface area contributed by atoms with Crippen LogP contribution in [0.3, 0.4) is 0 Å². The minimum absolute atomic E-state index is 0.0399. The maximum absolute atomic E-state index is 13.6. The minimum Gasteiger partial charge on any atom is -0.375 e. The number of fused-ring (bicyclic) bond motifs is 1. The van der Waals surface area contributed by atoms with Gasteiger partial charge < -0.3 is 5.32 Å². The Hall–Kier alpha value is -1.95. The standard InChI is InChI=1S/C14H11F2NO2S/c15-10-5-3-6-11(14(10)16)17-12-8-20(18,19)13-7-2-1-4-9(12)13/h1-7,12,17H,8H2. The van der Waals surface area contributed by atoms with Gasteiger partial charge in [-0.1, -0.05) is 24.3 Å². The summed E-state index contributed by atoms with van der Waals surface area (Å²) in [5.74, 6) is -2.14. The molecule has 1 heterocycles. The molecule has 0 amide bonds. The average molecular weight is 295 g/mol. The molecule has 3 nitrogen and oxygen atoms in total. The van der Waals surface area contributed by atoms with E-state index < -0.39 is 27.5 Å². The van der Waals surface area contributed by atoms with E-state index in [1.165, 1.54) is 18.2 Å². The van der Waals surface area contributed by atoms with Crippen LogP contribution < -0.4 is 5.32 Å². The molecule has 20 heavy (non-hydrogen) atoms. The molecule has 0 aromatic heterocycles. The van der Waals surface area contributed by atoms with Gasteiger partial charge in [0.05, 0.1) is 22.4 Å². The SMILES string of the molecule is O=S1(=O)CC(Nc2cccc(F)c2F)c2ccccc21. The fourth-order valence-corrected chi connectivity index (χ4v) is 4.11. The van der Waals surface area contributed by atoms with E-state index in [1.807, 2.05) is 0 Å². The third-order valence-corrected chi connectivity index (χ3v) is 5.11. The molecule has 0 fully saturated rings. The summed E-state index contributed by atoms with van der Waals surface area (Å²) >= 11 is 0. The summed E-state index contributed by atoms with van der Waals surface area (Å²) < 4.78 is 50.8. The highest BCUT2D eigenvalue weighted by Crippen LogP contribution is 2.35. The van der Waals surface area contributed by atoms with Crippen LogP contribution in [0.5, 0.6) is 0 Å². The molecular formula is C14H11F2NO2S. The Kier molecular flexibility index (Phi) is 2.97. The Morgan fingerprint density at radius 2 is 1.80 bits per heavy atom. The number of halogens is 2. The van der Waals surface area contributed by atoms with E-state index in [0.717, 1.165) is 6.07 Å². The second kappa shape index (κ2) is 4.56. The summed E-state index contributed by atoms with van der Waals surface area (Å²) in [4.78, 5) is 0.245. The van der Waals surface area contributed by atoms with Crippen molar-refractivity contribution >= 4 is 15.5 Å². The molecule has 0 saturated heterocycles. The number of benzene rings is 2. The third-order valence-electron chi connectivity index (χ3n) is 3.30. The van der Waals surface area contributed by atoms with Crippen LogP contribution in [0.2, 0.25) is 0 Å². The van der Waals surface area contributed by atoms with Crippen LogP contribution in [0.15, 0.2) is 47.4 Å². The molecule has 1 atom stereocenters. The van der Waals surface area contributed by atoms with Crippen molar-refractivity contribution in [2.45, 2.75) is 10.9 Å². The van der Waals surface area contributed by atoms with Crippen molar-refractivity contribution in [2.75, 3.05) is 11.1 Å². The van der Waals surface area contributed by atoms with E-state index >= 15 is 0 Å². The first-order valence-electron chi connectivity index (χ1n) is 6.01. The predicted molar refractivity (Wildman–Crippen MR) is 71.2 cm³/mol. The summed E-state index contributed by atoms with van der Waals surface area (Å²) in [6.07, 6.45) is 0. The first kappa shape index (κ1) is 13.1. The highest BCUT2D eigenvalue weighted by atomic mass is 32.2. The van der Waals surface area contributed by atoms with Crippen LogP contribution in [-0.2, 0) is 9.84 Å². The highest BCUT2D eigenvalue weighted by Gasteiger charge is 2.34. The number of rotatable bonds is 2. The molecule has 3 rings (SSSR count). The Labute approximate surface area is 115 Å². The molecule has 0 saturated carbocycles. The van der Waals surface area contributed by atoms with Crippen LogP contribution in [0, 0.1) is 11.6 Å². The molecule has 0 spiro atoms. The van der Waals surface area contributed by atoms with E-state index in [2.05, 4.69) is 5.32 Å². The topological polar surface area (TPSA) is 46.2 Å². The van der Waals surface area contributed by atoms with Gasteiger partial charge in [-0.15, -0.1) is 0 Å². The molecule has 1 unspecified atom stereocenters. The van der Waals surface area contributed by atoms with Crippen molar-refractivity contribution in [1.82, 2.24) is 0 Å². The molecule has 2 aromatic carbocycles. The van der Waals surface area contributed by atoms with E-state index in [1.54, 1.807) is 18.2 Å². The first-order valence-corrected chi connectivity index (χ1v) is 7.66. The molecule has 0 radical (unpaired) electrons. The van der Waals surface area contributed by atoms with Gasteiger partial charge >= 0.3 is 0 Å². The van der Waals surface area contributed by atoms with Crippen LogP contribution in [0.4, 0.5) is 14.5 Å². The summed E-state index contributed by atoms with van der Waals surface area (Å²) in [6.45, 7) is 0. The Morgan fingerprint density at radius 1 is 1.05 bits per heavy atom. The summed E-state index contributed by atoms with van der Waals surface area (Å²) in [6, 6.07) is 9.75. The average Bonchev–Trinajstić information content (AvgIpc) is 2.67. The largest absolute Gasteiger partial charge is 0.375 e. The molecular weight excluding hydrogens is 284 g/mol. The van der Waals surface area contributed by atoms with Crippen molar-refractivity contribution in [2.24, 2.45) is 0 Å². The van der Waals surface area contributed by atoms with Gasteiger partial charge in [-0.2, -0.15) is 0 Å². The lowest BCUT2D eigenvalue weighted by molar-refractivity contribution is 0.510. The van der Waals surface area contributed by atoms with Gasteiger partial charge in [-0.05, 0) is 23.8 Å². The zero-order chi connectivity index (χ0) is 14.3. The molecule has 1 aliphatic heterocycles. The molecule has 0 aliphatic carbocycles. The monoisotopic (exact) mass is 295 g/mol. The quantitative estimate of drug-likeness (QED) is 0.926. The van der Waals surface area contributed by atoms with Crippen molar-refractivity contribution < 1.29 is 17.2 Å². The maximum Gasteiger partial charge on any atom is 0.181 e. The van der Waals surface area contributed by atoms with Gasteiger partial charge in [-0.3, -0.25) is 0 Å². The zero-order valence-corrected chi connectivity index (χ0v) is 11.1. The molecule has 2 aromatic rings. The number of sulfone groups is 1. The van der Waals surface area contributed by atoms with Crippen molar-refractivity contribution in [3.05, 3.63) is 59.7 Å². The Bertz CT molecular complexity index is 774. The van der Waals surface area contributed by atoms with Crippen molar-refractivity contribution in [1.29, 1.82) is 0 Å². The molecule has 6 heteroatoms. The first-order chi connectivity index (χ1) is 9.49. The predicted octanol–water partition coefficient (Wildman–Crippen LogP) is 2.91. The summed E-state index contributed by atoms with van der Waals surface area (Å²) in [7, 11) is -3.38. The summed E-state index contributed by atoms with van der Waals surface area (Å²) in [5, 5.41) is 2.77. The van der Waals surface area contributed by atoms with Crippen LogP contribution in [-0.4, -0.2) is 14.2 Å². The maximum atomic E-state index is 13.6. The van der Waals surface area contributed by atoms with Crippen LogP contribution in [0.1, 0.15) is 11.6 Å². The lowest BCUT2D eigenvalue weighted by Gasteiger charge is -2.14. The molecule has 1 N–H and O–H groups in total. The van der Waals surface area contributed by atoms with E-state index in [9.17, 15) is 17.2 Å². The van der Waals surface area contributed by atoms with Crippen LogP contribution >= 0.6 is 0 Å². The second-order valence-electron chi connectivity index (χ2n) is 4.62. The number of nitrogens with one attached hydrogen (secondary N) is 1. The zero-order valence-electron chi connectivity index (χ0n) is 10.3. The molecule has 0 bridgehead atoms. The Morgan fingerprint density at radius 3 is 2.60 bits per heavy atom. The lowest BCUT2D eigenvalue weighted by atomic mass is 10.1. The normalized spacial score (nSPS) is 19.6.